The Labute approximate surface area is 151 Å². The normalized spacial score (nSPS) is 18.9. The van der Waals surface area contributed by atoms with Crippen LogP contribution in [0.4, 0.5) is 0 Å². The van der Waals surface area contributed by atoms with Gasteiger partial charge in [0.2, 0.25) is 6.10 Å². The van der Waals surface area contributed by atoms with E-state index in [2.05, 4.69) is 0 Å². The molecule has 2 aromatic rings. The predicted octanol–water partition coefficient (Wildman–Crippen LogP) is 2.79. The fourth-order valence-electron chi connectivity index (χ4n) is 2.88. The summed E-state index contributed by atoms with van der Waals surface area (Å²) in [6.07, 6.45) is -0.263. The molecule has 6 nitrogen and oxygen atoms in total. The molecule has 6 heteroatoms. The lowest BCUT2D eigenvalue weighted by Crippen LogP contribution is -2.22. The van der Waals surface area contributed by atoms with Crippen molar-refractivity contribution in [3.63, 3.8) is 0 Å². The van der Waals surface area contributed by atoms with E-state index in [1.807, 2.05) is 30.3 Å². The Balaban J connectivity index is 1.63. The Morgan fingerprint density at radius 2 is 1.81 bits per heavy atom. The van der Waals surface area contributed by atoms with E-state index in [1.165, 1.54) is 20.3 Å². The average molecular weight is 356 g/mol. The number of esters is 2. The van der Waals surface area contributed by atoms with Crippen molar-refractivity contribution < 1.29 is 28.5 Å². The van der Waals surface area contributed by atoms with E-state index in [9.17, 15) is 9.59 Å². The highest BCUT2D eigenvalue weighted by molar-refractivity contribution is 5.92. The van der Waals surface area contributed by atoms with Gasteiger partial charge in [0.25, 0.3) is 0 Å². The lowest BCUT2D eigenvalue weighted by Gasteiger charge is -2.11. The SMILES string of the molecule is COc1ccc(C(=O)O[C@@H]2C[C@@H](Cc3ccccc3)OC2=O)cc1OC. The maximum atomic E-state index is 12.4. The third-order valence-electron chi connectivity index (χ3n) is 4.20. The van der Waals surface area contributed by atoms with E-state index in [0.29, 0.717) is 24.3 Å². The summed E-state index contributed by atoms with van der Waals surface area (Å²) in [5.41, 5.74) is 1.35. The molecule has 0 spiro atoms. The quantitative estimate of drug-likeness (QED) is 0.741. The molecule has 0 aromatic heterocycles. The predicted molar refractivity (Wildman–Crippen MR) is 93.4 cm³/mol. The zero-order valence-corrected chi connectivity index (χ0v) is 14.6. The van der Waals surface area contributed by atoms with Gasteiger partial charge in [-0.3, -0.25) is 0 Å². The number of benzene rings is 2. The van der Waals surface area contributed by atoms with E-state index < -0.39 is 18.0 Å². The summed E-state index contributed by atoms with van der Waals surface area (Å²) in [6.45, 7) is 0. The Morgan fingerprint density at radius 1 is 1.08 bits per heavy atom. The van der Waals surface area contributed by atoms with Crippen molar-refractivity contribution in [2.24, 2.45) is 0 Å². The highest BCUT2D eigenvalue weighted by Gasteiger charge is 2.37. The molecule has 2 aromatic carbocycles. The van der Waals surface area contributed by atoms with E-state index in [0.717, 1.165) is 5.56 Å². The molecule has 0 amide bonds. The summed E-state index contributed by atoms with van der Waals surface area (Å²) >= 11 is 0. The number of ether oxygens (including phenoxy) is 4. The van der Waals surface area contributed by atoms with Crippen molar-refractivity contribution in [1.29, 1.82) is 0 Å². The van der Waals surface area contributed by atoms with Gasteiger partial charge in [0.1, 0.15) is 6.10 Å². The van der Waals surface area contributed by atoms with Crippen LogP contribution in [0.2, 0.25) is 0 Å². The van der Waals surface area contributed by atoms with Crippen LogP contribution in [-0.4, -0.2) is 38.4 Å². The Hall–Kier alpha value is -3.02. The van der Waals surface area contributed by atoms with Gasteiger partial charge in [-0.2, -0.15) is 0 Å². The van der Waals surface area contributed by atoms with E-state index >= 15 is 0 Å². The monoisotopic (exact) mass is 356 g/mol. The van der Waals surface area contributed by atoms with Gasteiger partial charge < -0.3 is 18.9 Å². The van der Waals surface area contributed by atoms with Crippen LogP contribution in [0.25, 0.3) is 0 Å². The van der Waals surface area contributed by atoms with Crippen molar-refractivity contribution in [2.45, 2.75) is 25.0 Å². The molecular weight excluding hydrogens is 336 g/mol. The molecule has 0 bridgehead atoms. The van der Waals surface area contributed by atoms with E-state index in [4.69, 9.17) is 18.9 Å². The summed E-state index contributed by atoms with van der Waals surface area (Å²) in [5, 5.41) is 0. The van der Waals surface area contributed by atoms with Crippen LogP contribution >= 0.6 is 0 Å². The average Bonchev–Trinajstić information content (AvgIpc) is 3.00. The van der Waals surface area contributed by atoms with Gasteiger partial charge in [0.05, 0.1) is 19.8 Å². The number of hydrogen-bond donors (Lipinski definition) is 0. The molecule has 3 rings (SSSR count). The van der Waals surface area contributed by atoms with E-state index in [1.54, 1.807) is 12.1 Å². The second-order valence-electron chi connectivity index (χ2n) is 5.95. The maximum Gasteiger partial charge on any atom is 0.347 e. The zero-order valence-electron chi connectivity index (χ0n) is 14.6. The van der Waals surface area contributed by atoms with Gasteiger partial charge in [0, 0.05) is 12.8 Å². The van der Waals surface area contributed by atoms with Crippen molar-refractivity contribution >= 4 is 11.9 Å². The van der Waals surface area contributed by atoms with Gasteiger partial charge in [-0.25, -0.2) is 9.59 Å². The highest BCUT2D eigenvalue weighted by atomic mass is 16.6. The molecule has 0 radical (unpaired) electrons. The molecule has 2 atom stereocenters. The number of rotatable bonds is 6. The number of hydrogen-bond acceptors (Lipinski definition) is 6. The van der Waals surface area contributed by atoms with Crippen LogP contribution in [0.15, 0.2) is 48.5 Å². The number of carbonyl (C=O) groups excluding carboxylic acids is 2. The van der Waals surface area contributed by atoms with Crippen LogP contribution in [0.3, 0.4) is 0 Å². The fourth-order valence-corrected chi connectivity index (χ4v) is 2.88. The van der Waals surface area contributed by atoms with Crippen molar-refractivity contribution in [2.75, 3.05) is 14.2 Å². The van der Waals surface area contributed by atoms with Crippen molar-refractivity contribution in [3.8, 4) is 11.5 Å². The Morgan fingerprint density at radius 3 is 2.50 bits per heavy atom. The second kappa shape index (κ2) is 7.91. The van der Waals surface area contributed by atoms with Crippen LogP contribution in [0.5, 0.6) is 11.5 Å². The first kappa shape index (κ1) is 17.8. The molecular formula is C20H20O6. The first-order valence-corrected chi connectivity index (χ1v) is 8.28. The first-order valence-electron chi connectivity index (χ1n) is 8.28. The lowest BCUT2D eigenvalue weighted by molar-refractivity contribution is -0.147. The summed E-state index contributed by atoms with van der Waals surface area (Å²) in [6, 6.07) is 14.4. The van der Waals surface area contributed by atoms with Crippen molar-refractivity contribution in [1.82, 2.24) is 0 Å². The molecule has 1 fully saturated rings. The molecule has 0 saturated carbocycles. The summed E-state index contributed by atoms with van der Waals surface area (Å²) in [4.78, 5) is 24.4. The summed E-state index contributed by atoms with van der Waals surface area (Å²) in [7, 11) is 2.99. The summed E-state index contributed by atoms with van der Waals surface area (Å²) < 4.78 is 21.0. The third kappa shape index (κ3) is 3.96. The first-order chi connectivity index (χ1) is 12.6. The number of cyclic esters (lactones) is 1. The number of carbonyl (C=O) groups is 2. The highest BCUT2D eigenvalue weighted by Crippen LogP contribution is 2.29. The summed E-state index contributed by atoms with van der Waals surface area (Å²) in [5.74, 6) is -0.196. The van der Waals surface area contributed by atoms with Crippen molar-refractivity contribution in [3.05, 3.63) is 59.7 Å². The largest absolute Gasteiger partial charge is 0.493 e. The Kier molecular flexibility index (Phi) is 5.41. The van der Waals surface area contributed by atoms with Gasteiger partial charge >= 0.3 is 11.9 Å². The minimum absolute atomic E-state index is 0.280. The smallest absolute Gasteiger partial charge is 0.347 e. The molecule has 136 valence electrons. The van der Waals surface area contributed by atoms with Crippen LogP contribution in [0.1, 0.15) is 22.3 Å². The van der Waals surface area contributed by atoms with Gasteiger partial charge in [-0.05, 0) is 23.8 Å². The molecule has 1 aliphatic rings. The molecule has 0 unspecified atom stereocenters. The molecule has 1 saturated heterocycles. The molecule has 0 N–H and O–H groups in total. The van der Waals surface area contributed by atoms with E-state index in [-0.39, 0.29) is 11.7 Å². The minimum atomic E-state index is -0.899. The molecule has 26 heavy (non-hydrogen) atoms. The van der Waals surface area contributed by atoms with Crippen LogP contribution in [-0.2, 0) is 20.7 Å². The Bertz CT molecular complexity index is 786. The second-order valence-corrected chi connectivity index (χ2v) is 5.95. The minimum Gasteiger partial charge on any atom is -0.493 e. The van der Waals surface area contributed by atoms with Gasteiger partial charge in [-0.15, -0.1) is 0 Å². The van der Waals surface area contributed by atoms with Crippen LogP contribution in [0, 0.1) is 0 Å². The maximum absolute atomic E-state index is 12.4. The third-order valence-corrected chi connectivity index (χ3v) is 4.20. The molecule has 1 heterocycles. The number of methoxy groups -OCH3 is 2. The molecule has 0 aliphatic carbocycles. The van der Waals surface area contributed by atoms with Crippen LogP contribution < -0.4 is 9.47 Å². The fraction of sp³-hybridized carbons (Fsp3) is 0.300. The van der Waals surface area contributed by atoms with Gasteiger partial charge in [0.15, 0.2) is 11.5 Å². The zero-order chi connectivity index (χ0) is 18.5. The standard InChI is InChI=1S/C20H20O6/c1-23-16-9-8-14(11-17(16)24-2)19(21)26-18-12-15(25-20(18)22)10-13-6-4-3-5-7-13/h3-9,11,15,18H,10,12H2,1-2H3/t15-,18-/m1/s1. The topological polar surface area (TPSA) is 71.1 Å². The lowest BCUT2D eigenvalue weighted by atomic mass is 10.1. The molecule has 1 aliphatic heterocycles. The van der Waals surface area contributed by atoms with Gasteiger partial charge in [-0.1, -0.05) is 30.3 Å².